The Morgan fingerprint density at radius 3 is 2.55 bits per heavy atom. The molecule has 1 aromatic rings. The van der Waals surface area contributed by atoms with Crippen molar-refractivity contribution >= 4 is 23.4 Å². The predicted octanol–water partition coefficient (Wildman–Crippen LogP) is 1.79. The molecule has 7 heteroatoms. The maximum atomic E-state index is 10.8. The highest BCUT2D eigenvalue weighted by molar-refractivity contribution is 5.69. The Morgan fingerprint density at radius 1 is 1.35 bits per heavy atom. The van der Waals surface area contributed by atoms with E-state index in [4.69, 9.17) is 10.8 Å². The van der Waals surface area contributed by atoms with E-state index in [1.54, 1.807) is 6.92 Å². The summed E-state index contributed by atoms with van der Waals surface area (Å²) in [6, 6.07) is 0.168. The lowest BCUT2D eigenvalue weighted by molar-refractivity contribution is -0.141. The zero-order valence-corrected chi connectivity index (χ0v) is 12.3. The van der Waals surface area contributed by atoms with Crippen LogP contribution in [0.15, 0.2) is 6.20 Å². The number of anilines is 3. The van der Waals surface area contributed by atoms with Gasteiger partial charge in [0, 0.05) is 12.1 Å². The van der Waals surface area contributed by atoms with E-state index in [1.807, 2.05) is 20.8 Å². The van der Waals surface area contributed by atoms with Gasteiger partial charge < -0.3 is 21.5 Å². The SMILES string of the molecule is CC(C)Nc1ncc(N)c(N[C@H](C)CC(C)C(=O)O)n1. The molecule has 1 heterocycles. The summed E-state index contributed by atoms with van der Waals surface area (Å²) >= 11 is 0. The first-order valence-electron chi connectivity index (χ1n) is 6.68. The molecular weight excluding hydrogens is 258 g/mol. The fourth-order valence-electron chi connectivity index (χ4n) is 1.76. The summed E-state index contributed by atoms with van der Waals surface area (Å²) in [7, 11) is 0. The maximum Gasteiger partial charge on any atom is 0.306 e. The molecule has 112 valence electrons. The average Bonchev–Trinajstić information content (AvgIpc) is 2.32. The zero-order chi connectivity index (χ0) is 15.3. The molecule has 1 rings (SSSR count). The molecule has 0 aliphatic heterocycles. The van der Waals surface area contributed by atoms with Crippen LogP contribution in [-0.2, 0) is 4.79 Å². The number of aliphatic carboxylic acids is 1. The van der Waals surface area contributed by atoms with E-state index in [0.29, 0.717) is 23.9 Å². The van der Waals surface area contributed by atoms with Crippen LogP contribution in [0.2, 0.25) is 0 Å². The van der Waals surface area contributed by atoms with Crippen LogP contribution in [0.4, 0.5) is 17.5 Å². The van der Waals surface area contributed by atoms with Gasteiger partial charge in [-0.15, -0.1) is 0 Å². The van der Waals surface area contributed by atoms with E-state index in [-0.39, 0.29) is 12.1 Å². The van der Waals surface area contributed by atoms with E-state index in [0.717, 1.165) is 0 Å². The summed E-state index contributed by atoms with van der Waals surface area (Å²) in [6.07, 6.45) is 2.03. The molecule has 0 saturated carbocycles. The fraction of sp³-hybridized carbons (Fsp3) is 0.615. The number of rotatable bonds is 7. The van der Waals surface area contributed by atoms with Crippen molar-refractivity contribution in [1.82, 2.24) is 9.97 Å². The van der Waals surface area contributed by atoms with Gasteiger partial charge in [-0.3, -0.25) is 4.79 Å². The molecular formula is C13H23N5O2. The first-order valence-corrected chi connectivity index (χ1v) is 6.68. The van der Waals surface area contributed by atoms with Gasteiger partial charge in [-0.25, -0.2) is 4.98 Å². The van der Waals surface area contributed by atoms with Gasteiger partial charge in [0.05, 0.1) is 17.8 Å². The van der Waals surface area contributed by atoms with Crippen molar-refractivity contribution in [3.63, 3.8) is 0 Å². The highest BCUT2D eigenvalue weighted by Gasteiger charge is 2.16. The van der Waals surface area contributed by atoms with Crippen molar-refractivity contribution in [2.24, 2.45) is 5.92 Å². The summed E-state index contributed by atoms with van der Waals surface area (Å²) < 4.78 is 0. The van der Waals surface area contributed by atoms with E-state index in [1.165, 1.54) is 6.20 Å². The van der Waals surface area contributed by atoms with Crippen LogP contribution in [0.25, 0.3) is 0 Å². The average molecular weight is 281 g/mol. The number of carbonyl (C=O) groups is 1. The first-order chi connectivity index (χ1) is 9.29. The normalized spacial score (nSPS) is 13.8. The molecule has 20 heavy (non-hydrogen) atoms. The highest BCUT2D eigenvalue weighted by atomic mass is 16.4. The van der Waals surface area contributed by atoms with Gasteiger partial charge in [0.15, 0.2) is 5.82 Å². The Balaban J connectivity index is 2.73. The molecule has 1 unspecified atom stereocenters. The van der Waals surface area contributed by atoms with Gasteiger partial charge in [0.25, 0.3) is 0 Å². The van der Waals surface area contributed by atoms with Gasteiger partial charge in [-0.05, 0) is 27.2 Å². The second kappa shape index (κ2) is 6.93. The third-order valence-electron chi connectivity index (χ3n) is 2.75. The summed E-state index contributed by atoms with van der Waals surface area (Å²) in [5.74, 6) is -0.214. The molecule has 0 radical (unpaired) electrons. The van der Waals surface area contributed by atoms with Crippen LogP contribution >= 0.6 is 0 Å². The summed E-state index contributed by atoms with van der Waals surface area (Å²) in [6.45, 7) is 7.56. The smallest absolute Gasteiger partial charge is 0.306 e. The predicted molar refractivity (Wildman–Crippen MR) is 79.7 cm³/mol. The number of carboxylic acid groups (broad SMARTS) is 1. The molecule has 0 spiro atoms. The van der Waals surface area contributed by atoms with E-state index in [2.05, 4.69) is 20.6 Å². The Kier molecular flexibility index (Phi) is 5.54. The van der Waals surface area contributed by atoms with Crippen molar-refractivity contribution in [3.8, 4) is 0 Å². The summed E-state index contributed by atoms with van der Waals surface area (Å²) in [5, 5.41) is 15.1. The molecule has 2 atom stereocenters. The molecule has 0 bridgehead atoms. The quantitative estimate of drug-likeness (QED) is 0.602. The topological polar surface area (TPSA) is 113 Å². The van der Waals surface area contributed by atoms with Crippen LogP contribution < -0.4 is 16.4 Å². The Morgan fingerprint density at radius 2 is 2.00 bits per heavy atom. The second-order valence-corrected chi connectivity index (χ2v) is 5.32. The van der Waals surface area contributed by atoms with Gasteiger partial charge in [-0.1, -0.05) is 6.92 Å². The molecule has 0 aromatic carbocycles. The van der Waals surface area contributed by atoms with Gasteiger partial charge >= 0.3 is 5.97 Å². The van der Waals surface area contributed by atoms with Crippen LogP contribution in [0, 0.1) is 5.92 Å². The molecule has 0 aliphatic rings. The maximum absolute atomic E-state index is 10.8. The standard InChI is InChI=1S/C13H23N5O2/c1-7(2)16-13-15-6-10(14)11(18-13)17-9(4)5-8(3)12(19)20/h6-9H,5,14H2,1-4H3,(H,19,20)(H2,15,16,17,18)/t8?,9-/m1/s1. The molecule has 1 aromatic heterocycles. The molecule has 5 N–H and O–H groups in total. The summed E-state index contributed by atoms with van der Waals surface area (Å²) in [4.78, 5) is 19.2. The number of nitrogens with one attached hydrogen (secondary N) is 2. The van der Waals surface area contributed by atoms with Crippen LogP contribution in [-0.4, -0.2) is 33.1 Å². The number of nitrogen functional groups attached to an aromatic ring is 1. The second-order valence-electron chi connectivity index (χ2n) is 5.32. The number of hydrogen-bond acceptors (Lipinski definition) is 6. The Bertz CT molecular complexity index is 464. The zero-order valence-electron chi connectivity index (χ0n) is 12.3. The third kappa shape index (κ3) is 4.91. The van der Waals surface area contributed by atoms with Crippen LogP contribution in [0.5, 0.6) is 0 Å². The third-order valence-corrected chi connectivity index (χ3v) is 2.75. The minimum absolute atomic E-state index is 0.0507. The van der Waals surface area contributed by atoms with Gasteiger partial charge in [-0.2, -0.15) is 4.98 Å². The highest BCUT2D eigenvalue weighted by Crippen LogP contribution is 2.19. The lowest BCUT2D eigenvalue weighted by Gasteiger charge is -2.18. The number of carboxylic acids is 1. The fourth-order valence-corrected chi connectivity index (χ4v) is 1.76. The first kappa shape index (κ1) is 16.0. The summed E-state index contributed by atoms with van der Waals surface area (Å²) in [5.41, 5.74) is 6.27. The van der Waals surface area contributed by atoms with E-state index in [9.17, 15) is 4.79 Å². The van der Waals surface area contributed by atoms with Crippen LogP contribution in [0.1, 0.15) is 34.1 Å². The van der Waals surface area contributed by atoms with Crippen molar-refractivity contribution in [3.05, 3.63) is 6.20 Å². The lowest BCUT2D eigenvalue weighted by atomic mass is 10.0. The van der Waals surface area contributed by atoms with Gasteiger partial charge in [0.1, 0.15) is 0 Å². The Hall–Kier alpha value is -2.05. The minimum Gasteiger partial charge on any atom is -0.481 e. The number of hydrogen-bond donors (Lipinski definition) is 4. The molecule has 0 saturated heterocycles. The number of nitrogens with two attached hydrogens (primary N) is 1. The lowest BCUT2D eigenvalue weighted by Crippen LogP contribution is -2.24. The minimum atomic E-state index is -0.809. The van der Waals surface area contributed by atoms with Crippen molar-refractivity contribution in [2.75, 3.05) is 16.4 Å². The number of aromatic nitrogens is 2. The largest absolute Gasteiger partial charge is 0.481 e. The monoisotopic (exact) mass is 281 g/mol. The molecule has 0 amide bonds. The van der Waals surface area contributed by atoms with Crippen LogP contribution in [0.3, 0.4) is 0 Å². The Labute approximate surface area is 119 Å². The van der Waals surface area contributed by atoms with Crippen molar-refractivity contribution in [1.29, 1.82) is 0 Å². The molecule has 0 fully saturated rings. The number of nitrogens with zero attached hydrogens (tertiary/aromatic N) is 2. The van der Waals surface area contributed by atoms with E-state index >= 15 is 0 Å². The molecule has 0 aliphatic carbocycles. The van der Waals surface area contributed by atoms with E-state index < -0.39 is 11.9 Å². The van der Waals surface area contributed by atoms with Gasteiger partial charge in [0.2, 0.25) is 5.95 Å². The van der Waals surface area contributed by atoms with Crippen molar-refractivity contribution < 1.29 is 9.90 Å². The molecule has 7 nitrogen and oxygen atoms in total. The van der Waals surface area contributed by atoms with Crippen molar-refractivity contribution in [2.45, 2.75) is 46.2 Å².